The van der Waals surface area contributed by atoms with Crippen molar-refractivity contribution in [3.05, 3.63) is 112 Å². The molecule has 178 valence electrons. The average molecular weight is 481 g/mol. The van der Waals surface area contributed by atoms with Crippen molar-refractivity contribution in [1.29, 1.82) is 0 Å². The van der Waals surface area contributed by atoms with Crippen LogP contribution >= 0.6 is 0 Å². The van der Waals surface area contributed by atoms with E-state index in [1.165, 1.54) is 12.1 Å². The topological polar surface area (TPSA) is 104 Å². The minimum atomic E-state index is -1.17. The second-order valence-corrected chi connectivity index (χ2v) is 7.72. The molecule has 0 aliphatic carbocycles. The zero-order valence-electron chi connectivity index (χ0n) is 18.0. The number of H-pyrrole nitrogens is 1. The second-order valence-electron chi connectivity index (χ2n) is 7.72. The highest BCUT2D eigenvalue weighted by Gasteiger charge is 2.21. The van der Waals surface area contributed by atoms with Crippen LogP contribution in [0, 0.1) is 17.5 Å². The molecule has 0 fully saturated rings. The standard InChI is InChI=1S/C25H18F3N3O4/c26-17-7-5-15(6-8-17)14-1-3-16(4-2-14)21(13-24(33)34)29-25(35)22-12-23(32)31(30-22)20-10-18(27)9-19(28)11-20/h1-12,21,30H,13H2,(H,29,35)(H,33,34). The van der Waals surface area contributed by atoms with Gasteiger partial charge in [0.2, 0.25) is 0 Å². The van der Waals surface area contributed by atoms with E-state index >= 15 is 0 Å². The van der Waals surface area contributed by atoms with Crippen LogP contribution in [-0.4, -0.2) is 26.8 Å². The van der Waals surface area contributed by atoms with E-state index < -0.39 is 41.5 Å². The van der Waals surface area contributed by atoms with Crippen LogP contribution in [0.1, 0.15) is 28.5 Å². The molecular formula is C25H18F3N3O4. The van der Waals surface area contributed by atoms with E-state index in [1.54, 1.807) is 36.4 Å². The number of halogens is 3. The number of nitrogens with one attached hydrogen (secondary N) is 2. The Morgan fingerprint density at radius 3 is 2.00 bits per heavy atom. The smallest absolute Gasteiger partial charge is 0.305 e. The molecule has 3 aromatic carbocycles. The first-order valence-corrected chi connectivity index (χ1v) is 10.4. The predicted molar refractivity (Wildman–Crippen MR) is 121 cm³/mol. The molecule has 0 aliphatic rings. The molecule has 0 aliphatic heterocycles. The summed E-state index contributed by atoms with van der Waals surface area (Å²) in [5.74, 6) is -4.13. The maximum Gasteiger partial charge on any atom is 0.305 e. The summed E-state index contributed by atoms with van der Waals surface area (Å²) in [6, 6.07) is 15.0. The SMILES string of the molecule is O=C(O)CC(NC(=O)c1cc(=O)n(-c2cc(F)cc(F)c2)[nH]1)c1ccc(-c2ccc(F)cc2)cc1. The quantitative estimate of drug-likeness (QED) is 0.368. The van der Waals surface area contributed by atoms with Crippen LogP contribution in [0.25, 0.3) is 16.8 Å². The van der Waals surface area contributed by atoms with Gasteiger partial charge in [-0.2, -0.15) is 0 Å². The van der Waals surface area contributed by atoms with Gasteiger partial charge in [-0.05, 0) is 41.0 Å². The molecule has 1 amide bonds. The highest BCUT2D eigenvalue weighted by Crippen LogP contribution is 2.24. The molecule has 1 atom stereocenters. The van der Waals surface area contributed by atoms with Crippen molar-refractivity contribution in [3.8, 4) is 16.8 Å². The van der Waals surface area contributed by atoms with Gasteiger partial charge in [-0.25, -0.2) is 17.9 Å². The van der Waals surface area contributed by atoms with Gasteiger partial charge in [0.1, 0.15) is 23.1 Å². The van der Waals surface area contributed by atoms with Crippen molar-refractivity contribution in [1.82, 2.24) is 15.1 Å². The van der Waals surface area contributed by atoms with Gasteiger partial charge in [-0.15, -0.1) is 0 Å². The van der Waals surface area contributed by atoms with E-state index in [2.05, 4.69) is 10.4 Å². The lowest BCUT2D eigenvalue weighted by Gasteiger charge is -2.17. The lowest BCUT2D eigenvalue weighted by atomic mass is 9.99. The Kier molecular flexibility index (Phi) is 6.54. The van der Waals surface area contributed by atoms with Gasteiger partial charge in [-0.1, -0.05) is 36.4 Å². The summed E-state index contributed by atoms with van der Waals surface area (Å²) >= 11 is 0. The number of benzene rings is 3. The Balaban J connectivity index is 1.57. The number of hydrogen-bond donors (Lipinski definition) is 3. The Hall–Kier alpha value is -4.60. The molecule has 1 aromatic heterocycles. The number of carboxylic acids is 1. The molecule has 0 radical (unpaired) electrons. The molecule has 7 nitrogen and oxygen atoms in total. The van der Waals surface area contributed by atoms with Crippen molar-refractivity contribution < 1.29 is 27.9 Å². The highest BCUT2D eigenvalue weighted by molar-refractivity contribution is 5.92. The molecule has 0 bridgehead atoms. The summed E-state index contributed by atoms with van der Waals surface area (Å²) in [5, 5.41) is 14.4. The number of rotatable bonds is 7. The Bertz CT molecular complexity index is 1420. The first-order chi connectivity index (χ1) is 16.7. The van der Waals surface area contributed by atoms with E-state index in [0.717, 1.165) is 34.0 Å². The molecule has 3 N–H and O–H groups in total. The molecule has 35 heavy (non-hydrogen) atoms. The third-order valence-electron chi connectivity index (χ3n) is 5.25. The van der Waals surface area contributed by atoms with E-state index in [0.29, 0.717) is 11.6 Å². The zero-order valence-corrected chi connectivity index (χ0v) is 18.0. The number of nitrogens with zero attached hydrogens (tertiary/aromatic N) is 1. The van der Waals surface area contributed by atoms with Crippen molar-refractivity contribution in [2.75, 3.05) is 0 Å². The highest BCUT2D eigenvalue weighted by atomic mass is 19.1. The number of amides is 1. The van der Waals surface area contributed by atoms with Gasteiger partial charge in [0.05, 0.1) is 18.2 Å². The van der Waals surface area contributed by atoms with Gasteiger partial charge < -0.3 is 10.4 Å². The lowest BCUT2D eigenvalue weighted by molar-refractivity contribution is -0.137. The normalized spacial score (nSPS) is 11.7. The minimum Gasteiger partial charge on any atom is -0.481 e. The monoisotopic (exact) mass is 481 g/mol. The minimum absolute atomic E-state index is 0.148. The van der Waals surface area contributed by atoms with Gasteiger partial charge >= 0.3 is 5.97 Å². The van der Waals surface area contributed by atoms with Crippen LogP contribution in [0.5, 0.6) is 0 Å². The lowest BCUT2D eigenvalue weighted by Crippen LogP contribution is -2.30. The van der Waals surface area contributed by atoms with Crippen LogP contribution in [0.3, 0.4) is 0 Å². The number of aromatic nitrogens is 2. The van der Waals surface area contributed by atoms with Crippen LogP contribution in [0.15, 0.2) is 77.6 Å². The summed E-state index contributed by atoms with van der Waals surface area (Å²) < 4.78 is 41.0. The van der Waals surface area contributed by atoms with E-state index in [4.69, 9.17) is 0 Å². The molecule has 1 unspecified atom stereocenters. The fourth-order valence-electron chi connectivity index (χ4n) is 3.59. The number of aliphatic carboxylic acids is 1. The zero-order chi connectivity index (χ0) is 25.1. The molecule has 4 aromatic rings. The van der Waals surface area contributed by atoms with Crippen molar-refractivity contribution in [3.63, 3.8) is 0 Å². The molecular weight excluding hydrogens is 463 g/mol. The summed E-state index contributed by atoms with van der Waals surface area (Å²) in [7, 11) is 0. The summed E-state index contributed by atoms with van der Waals surface area (Å²) in [4.78, 5) is 36.5. The first kappa shape index (κ1) is 23.6. The summed E-state index contributed by atoms with van der Waals surface area (Å²) in [6.45, 7) is 0. The van der Waals surface area contributed by atoms with Gasteiger partial charge in [0.15, 0.2) is 0 Å². The number of carboxylic acid groups (broad SMARTS) is 1. The van der Waals surface area contributed by atoms with E-state index in [9.17, 15) is 32.7 Å². The van der Waals surface area contributed by atoms with E-state index in [-0.39, 0.29) is 17.2 Å². The van der Waals surface area contributed by atoms with Gasteiger partial charge in [-0.3, -0.25) is 19.5 Å². The van der Waals surface area contributed by atoms with Crippen molar-refractivity contribution in [2.24, 2.45) is 0 Å². The van der Waals surface area contributed by atoms with E-state index in [1.807, 2.05) is 0 Å². The van der Waals surface area contributed by atoms with Crippen LogP contribution in [0.2, 0.25) is 0 Å². The number of hydrogen-bond acceptors (Lipinski definition) is 3. The molecule has 1 heterocycles. The second kappa shape index (κ2) is 9.72. The Morgan fingerprint density at radius 1 is 0.857 bits per heavy atom. The first-order valence-electron chi connectivity index (χ1n) is 10.4. The molecule has 0 spiro atoms. The van der Waals surface area contributed by atoms with Crippen LogP contribution in [-0.2, 0) is 4.79 Å². The summed E-state index contributed by atoms with van der Waals surface area (Å²) in [6.07, 6.45) is -0.443. The van der Waals surface area contributed by atoms with Crippen molar-refractivity contribution >= 4 is 11.9 Å². The predicted octanol–water partition coefficient (Wildman–Crippen LogP) is 4.20. The largest absolute Gasteiger partial charge is 0.481 e. The van der Waals surface area contributed by atoms with Crippen LogP contribution < -0.4 is 10.9 Å². The Labute approximate surface area is 196 Å². The van der Waals surface area contributed by atoms with Gasteiger partial charge in [0.25, 0.3) is 11.5 Å². The number of carbonyl (C=O) groups excluding carboxylic acids is 1. The molecule has 4 rings (SSSR count). The molecule has 0 saturated carbocycles. The van der Waals surface area contributed by atoms with Crippen LogP contribution in [0.4, 0.5) is 13.2 Å². The number of aromatic amines is 1. The average Bonchev–Trinajstić information content (AvgIpc) is 3.20. The maximum absolute atomic E-state index is 13.5. The summed E-state index contributed by atoms with van der Waals surface area (Å²) in [5.41, 5.74) is 0.893. The molecule has 10 heteroatoms. The van der Waals surface area contributed by atoms with Crippen molar-refractivity contribution in [2.45, 2.75) is 12.5 Å². The fraction of sp³-hybridized carbons (Fsp3) is 0.0800. The van der Waals surface area contributed by atoms with Gasteiger partial charge in [0, 0.05) is 12.1 Å². The third-order valence-corrected chi connectivity index (χ3v) is 5.25. The Morgan fingerprint density at radius 2 is 1.43 bits per heavy atom. The molecule has 0 saturated heterocycles. The third kappa shape index (κ3) is 5.49. The number of carbonyl (C=O) groups is 2. The fourth-order valence-corrected chi connectivity index (χ4v) is 3.59. The maximum atomic E-state index is 13.5.